The molecule has 1 aromatic carbocycles. The van der Waals surface area contributed by atoms with Gasteiger partial charge in [0.25, 0.3) is 0 Å². The van der Waals surface area contributed by atoms with Gasteiger partial charge >= 0.3 is 0 Å². The van der Waals surface area contributed by atoms with Crippen LogP contribution in [0.1, 0.15) is 25.3 Å². The summed E-state index contributed by atoms with van der Waals surface area (Å²) in [6, 6.07) is 9.76. The smallest absolute Gasteiger partial charge is 0.226 e. The van der Waals surface area contributed by atoms with Gasteiger partial charge in [0.15, 0.2) is 0 Å². The fourth-order valence-electron chi connectivity index (χ4n) is 1.85. The molecule has 0 fully saturated rings. The Bertz CT molecular complexity index is 554. The number of nitrogens with zero attached hydrogens (tertiary/aromatic N) is 2. The van der Waals surface area contributed by atoms with E-state index in [0.29, 0.717) is 11.7 Å². The number of rotatable bonds is 6. The normalized spacial score (nSPS) is 10.3. The SMILES string of the molecule is CCCCc1ccc(Oc2cc(NC)nc(N)n2)cc1. The number of ether oxygens (including phenoxy) is 1. The molecule has 20 heavy (non-hydrogen) atoms. The van der Waals surface area contributed by atoms with Gasteiger partial charge in [0, 0.05) is 13.1 Å². The molecule has 2 aromatic rings. The third-order valence-corrected chi connectivity index (χ3v) is 2.94. The minimum atomic E-state index is 0.186. The number of nitrogens with one attached hydrogen (secondary N) is 1. The number of nitrogens with two attached hydrogens (primary N) is 1. The van der Waals surface area contributed by atoms with E-state index in [4.69, 9.17) is 10.5 Å². The number of hydrogen-bond donors (Lipinski definition) is 2. The summed E-state index contributed by atoms with van der Waals surface area (Å²) in [5.74, 6) is 1.99. The maximum absolute atomic E-state index is 5.69. The van der Waals surface area contributed by atoms with Crippen molar-refractivity contribution in [3.8, 4) is 11.6 Å². The van der Waals surface area contributed by atoms with Crippen molar-refractivity contribution < 1.29 is 4.74 Å². The molecular weight excluding hydrogens is 252 g/mol. The van der Waals surface area contributed by atoms with Crippen molar-refractivity contribution >= 4 is 11.8 Å². The molecule has 0 saturated heterocycles. The molecule has 0 aliphatic carbocycles. The van der Waals surface area contributed by atoms with Gasteiger partial charge < -0.3 is 15.8 Å². The van der Waals surface area contributed by atoms with Crippen LogP contribution >= 0.6 is 0 Å². The largest absolute Gasteiger partial charge is 0.439 e. The number of hydrogen-bond acceptors (Lipinski definition) is 5. The Kier molecular flexibility index (Phi) is 4.76. The first-order valence-corrected chi connectivity index (χ1v) is 6.80. The molecule has 0 aliphatic heterocycles. The summed E-state index contributed by atoms with van der Waals surface area (Å²) >= 11 is 0. The van der Waals surface area contributed by atoms with E-state index in [1.54, 1.807) is 13.1 Å². The van der Waals surface area contributed by atoms with E-state index in [9.17, 15) is 0 Å². The van der Waals surface area contributed by atoms with Crippen molar-refractivity contribution in [1.82, 2.24) is 9.97 Å². The molecule has 106 valence electrons. The Balaban J connectivity index is 2.07. The van der Waals surface area contributed by atoms with Crippen molar-refractivity contribution in [2.45, 2.75) is 26.2 Å². The lowest BCUT2D eigenvalue weighted by Crippen LogP contribution is -2.01. The first-order chi connectivity index (χ1) is 9.71. The fraction of sp³-hybridized carbons (Fsp3) is 0.333. The van der Waals surface area contributed by atoms with Crippen LogP contribution in [0, 0.1) is 0 Å². The highest BCUT2D eigenvalue weighted by Crippen LogP contribution is 2.22. The van der Waals surface area contributed by atoms with Gasteiger partial charge in [-0.2, -0.15) is 9.97 Å². The van der Waals surface area contributed by atoms with Crippen LogP contribution in [0.25, 0.3) is 0 Å². The molecule has 0 aliphatic rings. The van der Waals surface area contributed by atoms with Crippen LogP contribution in [0.15, 0.2) is 30.3 Å². The zero-order valence-electron chi connectivity index (χ0n) is 11.9. The Hall–Kier alpha value is -2.30. The third kappa shape index (κ3) is 3.85. The number of nitrogen functional groups attached to an aromatic ring is 1. The summed E-state index contributed by atoms with van der Waals surface area (Å²) in [6.45, 7) is 2.19. The maximum atomic E-state index is 5.69. The van der Waals surface area contributed by atoms with E-state index in [1.165, 1.54) is 18.4 Å². The number of aryl methyl sites for hydroxylation is 1. The Labute approximate surface area is 119 Å². The van der Waals surface area contributed by atoms with Crippen LogP contribution in [-0.4, -0.2) is 17.0 Å². The monoisotopic (exact) mass is 272 g/mol. The van der Waals surface area contributed by atoms with E-state index in [1.807, 2.05) is 12.1 Å². The lowest BCUT2D eigenvalue weighted by molar-refractivity contribution is 0.463. The maximum Gasteiger partial charge on any atom is 0.226 e. The second-order valence-electron chi connectivity index (χ2n) is 4.55. The van der Waals surface area contributed by atoms with Crippen molar-refractivity contribution in [3.63, 3.8) is 0 Å². The lowest BCUT2D eigenvalue weighted by Gasteiger charge is -2.08. The number of anilines is 2. The highest BCUT2D eigenvalue weighted by atomic mass is 16.5. The van der Waals surface area contributed by atoms with Gasteiger partial charge in [-0.3, -0.25) is 0 Å². The van der Waals surface area contributed by atoms with Crippen LogP contribution in [0.5, 0.6) is 11.6 Å². The second-order valence-corrected chi connectivity index (χ2v) is 4.55. The minimum absolute atomic E-state index is 0.186. The highest BCUT2D eigenvalue weighted by molar-refractivity contribution is 5.43. The summed E-state index contributed by atoms with van der Waals surface area (Å²) in [4.78, 5) is 8.07. The molecule has 0 spiro atoms. The second kappa shape index (κ2) is 6.75. The third-order valence-electron chi connectivity index (χ3n) is 2.94. The van der Waals surface area contributed by atoms with Gasteiger partial charge in [-0.1, -0.05) is 25.5 Å². The first-order valence-electron chi connectivity index (χ1n) is 6.80. The predicted octanol–water partition coefficient (Wildman–Crippen LogP) is 3.24. The lowest BCUT2D eigenvalue weighted by atomic mass is 10.1. The van der Waals surface area contributed by atoms with Crippen LogP contribution in [0.2, 0.25) is 0 Å². The molecular formula is C15H20N4O. The zero-order valence-corrected chi connectivity index (χ0v) is 11.9. The number of unbranched alkanes of at least 4 members (excludes halogenated alkanes) is 1. The molecule has 0 unspecified atom stereocenters. The zero-order chi connectivity index (χ0) is 14.4. The molecule has 2 rings (SSSR count). The van der Waals surface area contributed by atoms with Crippen molar-refractivity contribution in [2.24, 2.45) is 0 Å². The summed E-state index contributed by atoms with van der Waals surface area (Å²) in [7, 11) is 1.77. The van der Waals surface area contributed by atoms with Gasteiger partial charge in [-0.15, -0.1) is 0 Å². The Morgan fingerprint density at radius 2 is 1.95 bits per heavy atom. The van der Waals surface area contributed by atoms with Crippen LogP contribution < -0.4 is 15.8 Å². The summed E-state index contributed by atoms with van der Waals surface area (Å²) < 4.78 is 5.69. The average Bonchev–Trinajstić information content (AvgIpc) is 2.46. The van der Waals surface area contributed by atoms with Gasteiger partial charge in [-0.05, 0) is 30.5 Å². The van der Waals surface area contributed by atoms with Gasteiger partial charge in [-0.25, -0.2) is 0 Å². The van der Waals surface area contributed by atoms with Gasteiger partial charge in [0.2, 0.25) is 11.8 Å². The number of benzene rings is 1. The standard InChI is InChI=1S/C15H20N4O/c1-3-4-5-11-6-8-12(9-7-11)20-14-10-13(17-2)18-15(16)19-14/h6-10H,3-5H2,1-2H3,(H3,16,17,18,19). The highest BCUT2D eigenvalue weighted by Gasteiger charge is 2.04. The molecule has 0 saturated carbocycles. The van der Waals surface area contributed by atoms with E-state index >= 15 is 0 Å². The molecule has 0 atom stereocenters. The first kappa shape index (κ1) is 14.1. The minimum Gasteiger partial charge on any atom is -0.439 e. The van der Waals surface area contributed by atoms with E-state index in [2.05, 4.69) is 34.3 Å². The van der Waals surface area contributed by atoms with Crippen molar-refractivity contribution in [1.29, 1.82) is 0 Å². The fourth-order valence-corrected chi connectivity index (χ4v) is 1.85. The van der Waals surface area contributed by atoms with E-state index in [0.717, 1.165) is 12.2 Å². The molecule has 3 N–H and O–H groups in total. The predicted molar refractivity (Wildman–Crippen MR) is 81.1 cm³/mol. The topological polar surface area (TPSA) is 73.1 Å². The molecule has 0 amide bonds. The van der Waals surface area contributed by atoms with Crippen LogP contribution in [0.3, 0.4) is 0 Å². The van der Waals surface area contributed by atoms with Crippen molar-refractivity contribution in [2.75, 3.05) is 18.1 Å². The van der Waals surface area contributed by atoms with Crippen LogP contribution in [0.4, 0.5) is 11.8 Å². The quantitative estimate of drug-likeness (QED) is 0.844. The number of aromatic nitrogens is 2. The Morgan fingerprint density at radius 3 is 2.60 bits per heavy atom. The molecule has 1 aromatic heterocycles. The molecule has 1 heterocycles. The molecule has 5 nitrogen and oxygen atoms in total. The van der Waals surface area contributed by atoms with E-state index in [-0.39, 0.29) is 5.95 Å². The van der Waals surface area contributed by atoms with Crippen LogP contribution in [-0.2, 0) is 6.42 Å². The molecule has 0 bridgehead atoms. The summed E-state index contributed by atoms with van der Waals surface area (Å²) in [6.07, 6.45) is 3.50. The molecule has 5 heteroatoms. The molecule has 0 radical (unpaired) electrons. The van der Waals surface area contributed by atoms with E-state index < -0.39 is 0 Å². The van der Waals surface area contributed by atoms with Gasteiger partial charge in [0.05, 0.1) is 0 Å². The average molecular weight is 272 g/mol. The summed E-state index contributed by atoms with van der Waals surface area (Å²) in [5, 5.41) is 2.92. The van der Waals surface area contributed by atoms with Crippen molar-refractivity contribution in [3.05, 3.63) is 35.9 Å². The summed E-state index contributed by atoms with van der Waals surface area (Å²) in [5.41, 5.74) is 6.94. The van der Waals surface area contributed by atoms with Gasteiger partial charge in [0.1, 0.15) is 11.6 Å². The Morgan fingerprint density at radius 1 is 1.20 bits per heavy atom.